The SMILES string of the molecule is CC.Cn1[nH]c(=O)c2cccnc2c1=O. The molecule has 2 aromatic rings. The van der Waals surface area contributed by atoms with Crippen LogP contribution in [-0.2, 0) is 7.05 Å². The van der Waals surface area contributed by atoms with Crippen LogP contribution in [0.4, 0.5) is 0 Å². The highest BCUT2D eigenvalue weighted by molar-refractivity contribution is 5.75. The van der Waals surface area contributed by atoms with Crippen molar-refractivity contribution in [1.82, 2.24) is 14.8 Å². The first-order chi connectivity index (χ1) is 7.20. The third kappa shape index (κ3) is 1.96. The fourth-order valence-corrected chi connectivity index (χ4v) is 1.18. The van der Waals surface area contributed by atoms with Gasteiger partial charge in [0.05, 0.1) is 5.39 Å². The Morgan fingerprint density at radius 2 is 2.00 bits per heavy atom. The van der Waals surface area contributed by atoms with Crippen molar-refractivity contribution in [3.8, 4) is 0 Å². The molecule has 0 atom stereocenters. The number of aromatic nitrogens is 3. The van der Waals surface area contributed by atoms with Crippen molar-refractivity contribution in [3.05, 3.63) is 39.0 Å². The Morgan fingerprint density at radius 1 is 1.33 bits per heavy atom. The second-order valence-electron chi connectivity index (χ2n) is 2.70. The second kappa shape index (κ2) is 4.54. The quantitative estimate of drug-likeness (QED) is 0.689. The molecule has 0 aromatic carbocycles. The van der Waals surface area contributed by atoms with Crippen molar-refractivity contribution >= 4 is 10.9 Å². The first-order valence-corrected chi connectivity index (χ1v) is 4.74. The lowest BCUT2D eigenvalue weighted by atomic mass is 10.3. The van der Waals surface area contributed by atoms with Gasteiger partial charge < -0.3 is 0 Å². The highest BCUT2D eigenvalue weighted by Crippen LogP contribution is 1.96. The average molecular weight is 207 g/mol. The highest BCUT2D eigenvalue weighted by atomic mass is 16.2. The van der Waals surface area contributed by atoms with Gasteiger partial charge in [-0.3, -0.25) is 24.4 Å². The van der Waals surface area contributed by atoms with Crippen LogP contribution < -0.4 is 11.1 Å². The second-order valence-corrected chi connectivity index (χ2v) is 2.70. The molecule has 0 saturated carbocycles. The zero-order valence-electron chi connectivity index (χ0n) is 8.94. The number of hydrogen-bond donors (Lipinski definition) is 1. The molecule has 0 aliphatic rings. The van der Waals surface area contributed by atoms with Gasteiger partial charge in [-0.15, -0.1) is 0 Å². The Balaban J connectivity index is 0.000000531. The van der Waals surface area contributed by atoms with Gasteiger partial charge in [0.2, 0.25) is 0 Å². The summed E-state index contributed by atoms with van der Waals surface area (Å²) in [6.07, 6.45) is 1.49. The standard InChI is InChI=1S/C8H7N3O2.C2H6/c1-11-8(13)6-5(7(12)10-11)3-2-4-9-6;1-2/h2-4H,1H3,(H,10,12);1-2H3. The maximum Gasteiger partial charge on any atom is 0.291 e. The molecule has 0 fully saturated rings. The number of H-pyrrole nitrogens is 1. The van der Waals surface area contributed by atoms with Crippen LogP contribution in [0.3, 0.4) is 0 Å². The maximum absolute atomic E-state index is 11.4. The topological polar surface area (TPSA) is 67.8 Å². The van der Waals surface area contributed by atoms with E-state index in [4.69, 9.17) is 0 Å². The van der Waals surface area contributed by atoms with Crippen LogP contribution in [0, 0.1) is 0 Å². The highest BCUT2D eigenvalue weighted by Gasteiger charge is 2.03. The number of nitrogens with one attached hydrogen (secondary N) is 1. The minimum atomic E-state index is -0.301. The lowest BCUT2D eigenvalue weighted by molar-refractivity contribution is 0.702. The van der Waals surface area contributed by atoms with Gasteiger partial charge in [0.15, 0.2) is 0 Å². The fraction of sp³-hybridized carbons (Fsp3) is 0.300. The summed E-state index contributed by atoms with van der Waals surface area (Å²) in [7, 11) is 1.48. The predicted molar refractivity (Wildman–Crippen MR) is 59.0 cm³/mol. The lowest BCUT2D eigenvalue weighted by Gasteiger charge is -1.98. The molecule has 80 valence electrons. The molecule has 0 unspecified atom stereocenters. The molecule has 0 spiro atoms. The zero-order chi connectivity index (χ0) is 11.4. The van der Waals surface area contributed by atoms with Crippen molar-refractivity contribution in [2.24, 2.45) is 7.05 Å². The first-order valence-electron chi connectivity index (χ1n) is 4.74. The number of rotatable bonds is 0. The molecule has 15 heavy (non-hydrogen) atoms. The van der Waals surface area contributed by atoms with E-state index < -0.39 is 0 Å². The summed E-state index contributed by atoms with van der Waals surface area (Å²) in [5.41, 5.74) is -0.394. The van der Waals surface area contributed by atoms with E-state index in [1.54, 1.807) is 12.1 Å². The van der Waals surface area contributed by atoms with Crippen LogP contribution >= 0.6 is 0 Å². The molecule has 0 aliphatic carbocycles. The first kappa shape index (κ1) is 11.2. The van der Waals surface area contributed by atoms with Gasteiger partial charge in [0.25, 0.3) is 11.1 Å². The smallest absolute Gasteiger partial charge is 0.267 e. The zero-order valence-corrected chi connectivity index (χ0v) is 8.94. The minimum Gasteiger partial charge on any atom is -0.267 e. The van der Waals surface area contributed by atoms with Gasteiger partial charge in [-0.1, -0.05) is 13.8 Å². The summed E-state index contributed by atoms with van der Waals surface area (Å²) in [6, 6.07) is 3.19. The van der Waals surface area contributed by atoms with E-state index in [9.17, 15) is 9.59 Å². The summed E-state index contributed by atoms with van der Waals surface area (Å²) < 4.78 is 1.12. The van der Waals surface area contributed by atoms with Crippen LogP contribution in [0.15, 0.2) is 27.9 Å². The predicted octanol–water partition coefficient (Wildman–Crippen LogP) is 0.648. The van der Waals surface area contributed by atoms with Crippen molar-refractivity contribution in [1.29, 1.82) is 0 Å². The monoisotopic (exact) mass is 207 g/mol. The normalized spacial score (nSPS) is 9.53. The number of hydrogen-bond acceptors (Lipinski definition) is 3. The average Bonchev–Trinajstić information content (AvgIpc) is 2.29. The van der Waals surface area contributed by atoms with Crippen molar-refractivity contribution in [2.75, 3.05) is 0 Å². The molecule has 2 aromatic heterocycles. The summed E-state index contributed by atoms with van der Waals surface area (Å²) in [5, 5.41) is 2.71. The van der Waals surface area contributed by atoms with E-state index in [0.29, 0.717) is 5.39 Å². The summed E-state index contributed by atoms with van der Waals surface area (Å²) >= 11 is 0. The van der Waals surface area contributed by atoms with Crippen molar-refractivity contribution < 1.29 is 0 Å². The lowest BCUT2D eigenvalue weighted by Crippen LogP contribution is -2.27. The van der Waals surface area contributed by atoms with Crippen molar-refractivity contribution in [3.63, 3.8) is 0 Å². The molecule has 5 heteroatoms. The van der Waals surface area contributed by atoms with E-state index in [-0.39, 0.29) is 16.6 Å². The Labute approximate surface area is 86.4 Å². The van der Waals surface area contributed by atoms with Crippen LogP contribution in [0.5, 0.6) is 0 Å². The summed E-state index contributed by atoms with van der Waals surface area (Å²) in [4.78, 5) is 26.6. The molecule has 0 amide bonds. The van der Waals surface area contributed by atoms with Gasteiger partial charge in [-0.25, -0.2) is 0 Å². The van der Waals surface area contributed by atoms with Gasteiger partial charge in [-0.05, 0) is 12.1 Å². The van der Waals surface area contributed by atoms with Crippen molar-refractivity contribution in [2.45, 2.75) is 13.8 Å². The fourth-order valence-electron chi connectivity index (χ4n) is 1.18. The molecule has 2 rings (SSSR count). The van der Waals surface area contributed by atoms with Crippen LogP contribution in [-0.4, -0.2) is 14.8 Å². The molecular weight excluding hydrogens is 194 g/mol. The van der Waals surface area contributed by atoms with E-state index in [1.807, 2.05) is 13.8 Å². The Kier molecular flexibility index (Phi) is 3.38. The molecular formula is C10H13N3O2. The number of nitrogens with zero attached hydrogens (tertiary/aromatic N) is 2. The Hall–Kier alpha value is -1.91. The number of fused-ring (bicyclic) bond motifs is 1. The Bertz CT molecular complexity index is 569. The minimum absolute atomic E-state index is 0.203. The third-order valence-electron chi connectivity index (χ3n) is 1.83. The molecule has 0 saturated heterocycles. The van der Waals surface area contributed by atoms with E-state index in [0.717, 1.165) is 4.68 Å². The number of aryl methyl sites for hydroxylation is 1. The molecule has 2 heterocycles. The molecule has 0 aliphatic heterocycles. The van der Waals surface area contributed by atoms with Crippen LogP contribution in [0.1, 0.15) is 13.8 Å². The van der Waals surface area contributed by atoms with E-state index >= 15 is 0 Å². The van der Waals surface area contributed by atoms with E-state index in [2.05, 4.69) is 10.1 Å². The molecule has 5 nitrogen and oxygen atoms in total. The van der Waals surface area contributed by atoms with Gasteiger partial charge >= 0.3 is 0 Å². The van der Waals surface area contributed by atoms with Gasteiger partial charge in [0, 0.05) is 13.2 Å². The van der Waals surface area contributed by atoms with Gasteiger partial charge in [0.1, 0.15) is 5.52 Å². The van der Waals surface area contributed by atoms with Crippen LogP contribution in [0.25, 0.3) is 10.9 Å². The third-order valence-corrected chi connectivity index (χ3v) is 1.83. The number of aromatic amines is 1. The summed E-state index contributed by atoms with van der Waals surface area (Å²) in [5.74, 6) is 0. The van der Waals surface area contributed by atoms with E-state index in [1.165, 1.54) is 13.2 Å². The maximum atomic E-state index is 11.4. The Morgan fingerprint density at radius 3 is 2.67 bits per heavy atom. The van der Waals surface area contributed by atoms with Crippen LogP contribution in [0.2, 0.25) is 0 Å². The summed E-state index contributed by atoms with van der Waals surface area (Å²) in [6.45, 7) is 4.00. The molecule has 0 bridgehead atoms. The number of pyridine rings is 1. The largest absolute Gasteiger partial charge is 0.291 e. The van der Waals surface area contributed by atoms with Gasteiger partial charge in [-0.2, -0.15) is 0 Å². The molecule has 1 N–H and O–H groups in total. The molecule has 0 radical (unpaired) electrons.